The molecule has 0 radical (unpaired) electrons. The lowest BCUT2D eigenvalue weighted by atomic mass is 10.1. The van der Waals surface area contributed by atoms with E-state index in [1.54, 1.807) is 6.07 Å². The van der Waals surface area contributed by atoms with Crippen molar-refractivity contribution in [2.75, 3.05) is 18.0 Å². The lowest BCUT2D eigenvalue weighted by Crippen LogP contribution is -2.20. The van der Waals surface area contributed by atoms with Crippen molar-refractivity contribution in [2.24, 2.45) is 5.92 Å². The molecule has 100 valence electrons. The van der Waals surface area contributed by atoms with Crippen molar-refractivity contribution in [1.82, 2.24) is 0 Å². The largest absolute Gasteiger partial charge is 0.481 e. The SMILES string of the molecule is O=C(O)C[C@@H]1CCN(c2ccc(Cl)c(F)c2)C1.S. The number of rotatable bonds is 3. The van der Waals surface area contributed by atoms with E-state index >= 15 is 0 Å². The molecular formula is C12H15ClFNO2S. The van der Waals surface area contributed by atoms with Crippen LogP contribution in [0.2, 0.25) is 5.02 Å². The highest BCUT2D eigenvalue weighted by Crippen LogP contribution is 2.28. The maximum absolute atomic E-state index is 13.3. The Labute approximate surface area is 117 Å². The van der Waals surface area contributed by atoms with E-state index < -0.39 is 11.8 Å². The molecule has 1 atom stereocenters. The van der Waals surface area contributed by atoms with Gasteiger partial charge in [-0.15, -0.1) is 0 Å². The van der Waals surface area contributed by atoms with Crippen LogP contribution >= 0.6 is 25.1 Å². The molecule has 0 bridgehead atoms. The van der Waals surface area contributed by atoms with E-state index in [4.69, 9.17) is 16.7 Å². The van der Waals surface area contributed by atoms with Crippen molar-refractivity contribution in [1.29, 1.82) is 0 Å². The molecule has 1 fully saturated rings. The Bertz CT molecular complexity index is 444. The van der Waals surface area contributed by atoms with Crippen LogP contribution in [0.15, 0.2) is 18.2 Å². The van der Waals surface area contributed by atoms with E-state index in [0.29, 0.717) is 6.54 Å². The van der Waals surface area contributed by atoms with Crippen molar-refractivity contribution in [2.45, 2.75) is 12.8 Å². The summed E-state index contributed by atoms with van der Waals surface area (Å²) in [4.78, 5) is 12.6. The molecular weight excluding hydrogens is 277 g/mol. The van der Waals surface area contributed by atoms with Crippen molar-refractivity contribution >= 4 is 36.8 Å². The molecule has 1 aromatic carbocycles. The monoisotopic (exact) mass is 291 g/mol. The molecule has 0 amide bonds. The van der Waals surface area contributed by atoms with Gasteiger partial charge in [0.25, 0.3) is 0 Å². The van der Waals surface area contributed by atoms with Crippen molar-refractivity contribution in [3.8, 4) is 0 Å². The number of carboxylic acid groups (broad SMARTS) is 1. The number of halogens is 2. The van der Waals surface area contributed by atoms with Crippen LogP contribution in [0.4, 0.5) is 10.1 Å². The number of hydrogen-bond donors (Lipinski definition) is 1. The fourth-order valence-electron chi connectivity index (χ4n) is 2.16. The molecule has 1 aliphatic heterocycles. The first-order valence-corrected chi connectivity index (χ1v) is 5.86. The number of carbonyl (C=O) groups is 1. The van der Waals surface area contributed by atoms with Gasteiger partial charge >= 0.3 is 5.97 Å². The summed E-state index contributed by atoms with van der Waals surface area (Å²) in [5.74, 6) is -1.07. The second kappa shape index (κ2) is 6.29. The highest BCUT2D eigenvalue weighted by Gasteiger charge is 2.24. The predicted octanol–water partition coefficient (Wildman–Crippen LogP) is 2.89. The van der Waals surface area contributed by atoms with E-state index in [1.165, 1.54) is 12.1 Å². The number of carboxylic acids is 1. The van der Waals surface area contributed by atoms with Crippen LogP contribution in [0.25, 0.3) is 0 Å². The van der Waals surface area contributed by atoms with Crippen LogP contribution in [0.1, 0.15) is 12.8 Å². The molecule has 2 rings (SSSR count). The standard InChI is InChI=1S/C12H13ClFNO2.H2S/c13-10-2-1-9(6-11(10)14)15-4-3-8(7-15)5-12(16)17;/h1-2,6,8H,3-5,7H2,(H,16,17);1H2/t8-;/m0./s1. The molecule has 0 aromatic heterocycles. The van der Waals surface area contributed by atoms with Gasteiger partial charge in [0.1, 0.15) is 5.82 Å². The molecule has 18 heavy (non-hydrogen) atoms. The third kappa shape index (κ3) is 3.53. The minimum Gasteiger partial charge on any atom is -0.481 e. The molecule has 1 saturated heterocycles. The number of aliphatic carboxylic acids is 1. The van der Waals surface area contributed by atoms with Crippen LogP contribution in [-0.2, 0) is 4.79 Å². The molecule has 6 heteroatoms. The molecule has 1 aliphatic rings. The lowest BCUT2D eigenvalue weighted by Gasteiger charge is -2.18. The minimum atomic E-state index is -0.779. The Hall–Kier alpha value is -0.940. The summed E-state index contributed by atoms with van der Waals surface area (Å²) in [7, 11) is 0. The first kappa shape index (κ1) is 15.1. The molecule has 1 aromatic rings. The number of benzene rings is 1. The number of nitrogens with zero attached hydrogens (tertiary/aromatic N) is 1. The molecule has 3 nitrogen and oxygen atoms in total. The Kier molecular flexibility index (Phi) is 5.28. The van der Waals surface area contributed by atoms with Gasteiger partial charge in [-0.2, -0.15) is 13.5 Å². The lowest BCUT2D eigenvalue weighted by molar-refractivity contribution is -0.137. The molecule has 0 aliphatic carbocycles. The highest BCUT2D eigenvalue weighted by atomic mass is 35.5. The number of hydrogen-bond acceptors (Lipinski definition) is 2. The van der Waals surface area contributed by atoms with Gasteiger partial charge in [-0.3, -0.25) is 4.79 Å². The fraction of sp³-hybridized carbons (Fsp3) is 0.417. The Morgan fingerprint density at radius 3 is 2.89 bits per heavy atom. The third-order valence-electron chi connectivity index (χ3n) is 3.02. The van der Waals surface area contributed by atoms with Gasteiger partial charge in [0.2, 0.25) is 0 Å². The maximum atomic E-state index is 13.3. The van der Waals surface area contributed by atoms with Gasteiger partial charge in [-0.05, 0) is 30.5 Å². The molecule has 0 unspecified atom stereocenters. The predicted molar refractivity (Wildman–Crippen MR) is 74.4 cm³/mol. The topological polar surface area (TPSA) is 40.5 Å². The van der Waals surface area contributed by atoms with Gasteiger partial charge in [0, 0.05) is 25.2 Å². The van der Waals surface area contributed by atoms with Gasteiger partial charge in [-0.1, -0.05) is 11.6 Å². The molecule has 0 spiro atoms. The summed E-state index contributed by atoms with van der Waals surface area (Å²) in [6, 6.07) is 4.68. The van der Waals surface area contributed by atoms with Crippen LogP contribution in [0.5, 0.6) is 0 Å². The van der Waals surface area contributed by atoms with Gasteiger partial charge < -0.3 is 10.0 Å². The molecule has 0 saturated carbocycles. The average molecular weight is 292 g/mol. The molecule has 1 N–H and O–H groups in total. The summed E-state index contributed by atoms with van der Waals surface area (Å²) in [5, 5.41) is 8.82. The zero-order valence-electron chi connectivity index (χ0n) is 9.70. The van der Waals surface area contributed by atoms with Crippen LogP contribution in [0.3, 0.4) is 0 Å². The van der Waals surface area contributed by atoms with Gasteiger partial charge in [0.15, 0.2) is 0 Å². The number of anilines is 1. The van der Waals surface area contributed by atoms with Crippen molar-refractivity contribution < 1.29 is 14.3 Å². The van der Waals surface area contributed by atoms with Crippen LogP contribution in [0, 0.1) is 11.7 Å². The maximum Gasteiger partial charge on any atom is 0.303 e. The zero-order valence-corrected chi connectivity index (χ0v) is 11.5. The first-order chi connectivity index (χ1) is 8.06. The van der Waals surface area contributed by atoms with E-state index in [9.17, 15) is 9.18 Å². The zero-order chi connectivity index (χ0) is 12.4. The van der Waals surface area contributed by atoms with E-state index in [-0.39, 0.29) is 30.9 Å². The van der Waals surface area contributed by atoms with Crippen molar-refractivity contribution in [3.63, 3.8) is 0 Å². The summed E-state index contributed by atoms with van der Waals surface area (Å²) in [6.07, 6.45) is 1.00. The first-order valence-electron chi connectivity index (χ1n) is 5.48. The quantitative estimate of drug-likeness (QED) is 0.931. The minimum absolute atomic E-state index is 0. The normalized spacial score (nSPS) is 18.6. The third-order valence-corrected chi connectivity index (χ3v) is 3.32. The van der Waals surface area contributed by atoms with Crippen LogP contribution < -0.4 is 4.90 Å². The summed E-state index contributed by atoms with van der Waals surface area (Å²) in [5.41, 5.74) is 0.764. The Morgan fingerprint density at radius 2 is 2.28 bits per heavy atom. The second-order valence-corrected chi connectivity index (χ2v) is 4.70. The second-order valence-electron chi connectivity index (χ2n) is 4.30. The Morgan fingerprint density at radius 1 is 1.56 bits per heavy atom. The average Bonchev–Trinajstić information content (AvgIpc) is 2.69. The summed E-state index contributed by atoms with van der Waals surface area (Å²) in [6.45, 7) is 1.42. The van der Waals surface area contributed by atoms with E-state index in [2.05, 4.69) is 0 Å². The Balaban J connectivity index is 0.00000162. The molecule has 1 heterocycles. The summed E-state index contributed by atoms with van der Waals surface area (Å²) >= 11 is 5.61. The van der Waals surface area contributed by atoms with E-state index in [0.717, 1.165) is 18.7 Å². The smallest absolute Gasteiger partial charge is 0.303 e. The van der Waals surface area contributed by atoms with Gasteiger partial charge in [-0.25, -0.2) is 4.39 Å². The van der Waals surface area contributed by atoms with Crippen LogP contribution in [-0.4, -0.2) is 24.2 Å². The highest BCUT2D eigenvalue weighted by molar-refractivity contribution is 7.59. The van der Waals surface area contributed by atoms with Crippen molar-refractivity contribution in [3.05, 3.63) is 29.0 Å². The van der Waals surface area contributed by atoms with E-state index in [1.807, 2.05) is 4.90 Å². The summed E-state index contributed by atoms with van der Waals surface area (Å²) < 4.78 is 13.3. The fourth-order valence-corrected chi connectivity index (χ4v) is 2.28. The van der Waals surface area contributed by atoms with Gasteiger partial charge in [0.05, 0.1) is 5.02 Å².